The molecule has 0 saturated carbocycles. The number of halogens is 3. The summed E-state index contributed by atoms with van der Waals surface area (Å²) in [5.41, 5.74) is 0.142. The van der Waals surface area contributed by atoms with Crippen LogP contribution in [0.15, 0.2) is 83.2 Å². The molecular formula is C29H30F3N3O5S. The predicted molar refractivity (Wildman–Crippen MR) is 150 cm³/mol. The number of allylic oxidation sites excluding steroid dienone is 5. The number of aliphatic hydroxyl groups is 2. The van der Waals surface area contributed by atoms with Crippen molar-refractivity contribution in [1.29, 1.82) is 0 Å². The number of hydrogen-bond donors (Lipinski definition) is 3. The maximum Gasteiger partial charge on any atom is 0.416 e. The van der Waals surface area contributed by atoms with Crippen molar-refractivity contribution in [3.63, 3.8) is 0 Å². The largest absolute Gasteiger partial charge is 0.416 e. The fourth-order valence-corrected chi connectivity index (χ4v) is 5.19. The zero-order valence-corrected chi connectivity index (χ0v) is 23.1. The third-order valence-electron chi connectivity index (χ3n) is 5.25. The quantitative estimate of drug-likeness (QED) is 0.265. The second-order valence-corrected chi connectivity index (χ2v) is 11.3. The second-order valence-electron chi connectivity index (χ2n) is 8.71. The summed E-state index contributed by atoms with van der Waals surface area (Å²) in [6, 6.07) is 5.53. The van der Waals surface area contributed by atoms with Crippen LogP contribution in [-0.2, 0) is 15.9 Å². The van der Waals surface area contributed by atoms with Gasteiger partial charge in [-0.2, -0.15) is 17.5 Å². The lowest BCUT2D eigenvalue weighted by atomic mass is 10.1. The summed E-state index contributed by atoms with van der Waals surface area (Å²) >= 11 is 0. The summed E-state index contributed by atoms with van der Waals surface area (Å²) in [6.45, 7) is 4.97. The van der Waals surface area contributed by atoms with E-state index in [1.165, 1.54) is 30.6 Å². The van der Waals surface area contributed by atoms with Crippen LogP contribution in [0.3, 0.4) is 0 Å². The lowest BCUT2D eigenvalue weighted by Crippen LogP contribution is -2.21. The van der Waals surface area contributed by atoms with Gasteiger partial charge in [-0.05, 0) is 56.2 Å². The molecule has 0 bridgehead atoms. The summed E-state index contributed by atoms with van der Waals surface area (Å²) in [7, 11) is -2.96. The lowest BCUT2D eigenvalue weighted by molar-refractivity contribution is -0.137. The van der Waals surface area contributed by atoms with Crippen molar-refractivity contribution in [2.45, 2.75) is 25.9 Å². The Morgan fingerprint density at radius 1 is 1.12 bits per heavy atom. The molecule has 1 aromatic carbocycles. The van der Waals surface area contributed by atoms with Crippen molar-refractivity contribution < 1.29 is 37.2 Å². The number of alkyl halides is 3. The first-order chi connectivity index (χ1) is 19.4. The van der Waals surface area contributed by atoms with Gasteiger partial charge in [-0.3, -0.25) is 14.6 Å². The highest BCUT2D eigenvalue weighted by atomic mass is 32.2. The van der Waals surface area contributed by atoms with Crippen LogP contribution in [0.5, 0.6) is 0 Å². The maximum absolute atomic E-state index is 13.0. The van der Waals surface area contributed by atoms with Gasteiger partial charge >= 0.3 is 6.18 Å². The van der Waals surface area contributed by atoms with E-state index >= 15 is 0 Å². The lowest BCUT2D eigenvalue weighted by Gasteiger charge is -2.09. The topological polar surface area (TPSA) is 129 Å². The Hall–Kier alpha value is -4.05. The third-order valence-corrected chi connectivity index (χ3v) is 7.60. The molecule has 218 valence electrons. The summed E-state index contributed by atoms with van der Waals surface area (Å²) in [4.78, 5) is 28.9. The van der Waals surface area contributed by atoms with E-state index in [0.29, 0.717) is 16.8 Å². The number of pyridine rings is 1. The Balaban J connectivity index is 2.07. The molecule has 0 unspecified atom stereocenters. The monoisotopic (exact) mass is 589 g/mol. The summed E-state index contributed by atoms with van der Waals surface area (Å²) < 4.78 is 55.5. The van der Waals surface area contributed by atoms with E-state index in [1.807, 2.05) is 0 Å². The smallest absolute Gasteiger partial charge is 0.396 e. The zero-order valence-electron chi connectivity index (χ0n) is 22.3. The van der Waals surface area contributed by atoms with Crippen molar-refractivity contribution in [3.05, 3.63) is 101 Å². The molecule has 1 aromatic heterocycles. The second kappa shape index (κ2) is 15.7. The molecule has 0 saturated heterocycles. The number of aliphatic hydroxyl groups excluding tert-OH is 2. The van der Waals surface area contributed by atoms with E-state index in [4.69, 9.17) is 10.2 Å². The third kappa shape index (κ3) is 11.5. The first-order valence-electron chi connectivity index (χ1n) is 12.3. The number of hydrogen-bond acceptors (Lipinski definition) is 6. The molecule has 0 radical (unpaired) electrons. The number of carbonyl (C=O) groups excluding carboxylic acids is 2. The predicted octanol–water partition coefficient (Wildman–Crippen LogP) is 4.27. The van der Waals surface area contributed by atoms with E-state index < -0.39 is 33.3 Å². The van der Waals surface area contributed by atoms with Crippen LogP contribution in [0, 0.1) is 11.8 Å². The number of nitrogens with zero attached hydrogens (tertiary/aromatic N) is 2. The SMILES string of the molecule is C=C(C#Cc1cncc(C(=O)N=S(=O)(CCCO)CCCO)c1)/C=C\C=C(/C)NC(=O)c1cccc(C(F)(F)F)c1. The van der Waals surface area contributed by atoms with E-state index in [9.17, 15) is 27.0 Å². The molecule has 41 heavy (non-hydrogen) atoms. The number of carbonyl (C=O) groups is 2. The zero-order chi connectivity index (χ0) is 30.5. The fourth-order valence-electron chi connectivity index (χ4n) is 3.23. The van der Waals surface area contributed by atoms with Crippen molar-refractivity contribution in [2.75, 3.05) is 24.7 Å². The number of benzene rings is 1. The molecule has 8 nitrogen and oxygen atoms in total. The van der Waals surface area contributed by atoms with Gasteiger partial charge in [-0.15, -0.1) is 0 Å². The molecule has 12 heteroatoms. The van der Waals surface area contributed by atoms with Gasteiger partial charge in [0.05, 0.1) is 20.9 Å². The van der Waals surface area contributed by atoms with Crippen molar-refractivity contribution in [2.24, 2.45) is 4.36 Å². The molecular weight excluding hydrogens is 559 g/mol. The molecule has 1 heterocycles. The van der Waals surface area contributed by atoms with Crippen LogP contribution in [0.1, 0.15) is 51.6 Å². The normalized spacial score (nSPS) is 12.0. The molecule has 0 aliphatic carbocycles. The summed E-state index contributed by atoms with van der Waals surface area (Å²) in [6.07, 6.45) is 3.15. The van der Waals surface area contributed by atoms with Crippen molar-refractivity contribution >= 4 is 21.5 Å². The van der Waals surface area contributed by atoms with Gasteiger partial charge in [-0.1, -0.05) is 30.6 Å². The van der Waals surface area contributed by atoms with Gasteiger partial charge in [0.2, 0.25) is 0 Å². The van der Waals surface area contributed by atoms with Crippen LogP contribution in [0.4, 0.5) is 13.2 Å². The van der Waals surface area contributed by atoms with Crippen LogP contribution < -0.4 is 5.32 Å². The minimum atomic E-state index is -4.56. The minimum Gasteiger partial charge on any atom is -0.396 e. The summed E-state index contributed by atoms with van der Waals surface area (Å²) in [5.74, 6) is 4.20. The number of amides is 2. The Bertz CT molecular complexity index is 1500. The molecule has 3 N–H and O–H groups in total. The highest BCUT2D eigenvalue weighted by Gasteiger charge is 2.30. The summed E-state index contributed by atoms with van der Waals surface area (Å²) in [5, 5.41) is 20.6. The minimum absolute atomic E-state index is 0.0250. The highest BCUT2D eigenvalue weighted by Crippen LogP contribution is 2.29. The van der Waals surface area contributed by atoms with Crippen molar-refractivity contribution in [3.8, 4) is 11.8 Å². The van der Waals surface area contributed by atoms with Crippen LogP contribution in [0.2, 0.25) is 0 Å². The van der Waals surface area contributed by atoms with Crippen LogP contribution in [0.25, 0.3) is 0 Å². The van der Waals surface area contributed by atoms with E-state index in [1.54, 1.807) is 19.1 Å². The van der Waals surface area contributed by atoms with Gasteiger partial charge in [0, 0.05) is 59.5 Å². The van der Waals surface area contributed by atoms with Crippen LogP contribution >= 0.6 is 0 Å². The number of nitrogens with one attached hydrogen (secondary N) is 1. The fraction of sp³-hybridized carbons (Fsp3) is 0.276. The molecule has 2 aromatic rings. The average Bonchev–Trinajstić information content (AvgIpc) is 2.93. The van der Waals surface area contributed by atoms with Gasteiger partial charge in [-0.25, -0.2) is 4.21 Å². The standard InChI is InChI=1S/C29H30F3N3O5S/c1-21(7-3-8-22(2)34-27(38)24-9-4-10-26(18-24)29(30,31)32)11-12-23-17-25(20-33-19-23)28(39)35-41(40,15-5-13-36)16-6-14-37/h3-4,7-10,17-20,36-37H,1,5-6,13-16H2,2H3,(H,34,38)/b7-3-,22-8+. The van der Waals surface area contributed by atoms with Gasteiger partial charge in [0.1, 0.15) is 0 Å². The molecule has 0 aliphatic rings. The van der Waals surface area contributed by atoms with E-state index in [-0.39, 0.29) is 48.7 Å². The first kappa shape index (κ1) is 33.2. The molecule has 2 amide bonds. The van der Waals surface area contributed by atoms with Gasteiger partial charge in [0.25, 0.3) is 11.8 Å². The Labute approximate surface area is 236 Å². The molecule has 0 aliphatic heterocycles. The van der Waals surface area contributed by atoms with E-state index in [2.05, 4.69) is 33.1 Å². The van der Waals surface area contributed by atoms with Gasteiger partial charge in [0.15, 0.2) is 0 Å². The van der Waals surface area contributed by atoms with E-state index in [0.717, 1.165) is 18.2 Å². The number of aromatic nitrogens is 1. The highest BCUT2D eigenvalue weighted by molar-refractivity contribution is 7.93. The number of rotatable bonds is 11. The molecule has 0 fully saturated rings. The maximum atomic E-state index is 13.0. The Kier molecular flexibility index (Phi) is 12.7. The molecule has 0 spiro atoms. The van der Waals surface area contributed by atoms with Crippen molar-refractivity contribution in [1.82, 2.24) is 10.3 Å². The van der Waals surface area contributed by atoms with Crippen LogP contribution in [-0.4, -0.2) is 55.9 Å². The first-order valence-corrected chi connectivity index (χ1v) is 14.2. The molecule has 0 atom stereocenters. The average molecular weight is 590 g/mol. The Morgan fingerprint density at radius 2 is 1.80 bits per heavy atom. The molecule has 2 rings (SSSR count). The Morgan fingerprint density at radius 3 is 2.44 bits per heavy atom. The van der Waals surface area contributed by atoms with Gasteiger partial charge < -0.3 is 15.5 Å².